The maximum Gasteiger partial charge on any atom is 0.306 e. The molecule has 1 unspecified atom stereocenters. The van der Waals surface area contributed by atoms with Crippen molar-refractivity contribution in [1.82, 2.24) is 20.2 Å². The van der Waals surface area contributed by atoms with Crippen LogP contribution in [0.15, 0.2) is 0 Å². The van der Waals surface area contributed by atoms with Crippen molar-refractivity contribution in [3.05, 3.63) is 5.82 Å². The fourth-order valence-electron chi connectivity index (χ4n) is 1.77. The Labute approximate surface area is 93.6 Å². The van der Waals surface area contributed by atoms with Crippen molar-refractivity contribution in [2.24, 2.45) is 5.92 Å². The number of carbonyl (C=O) groups is 1. The van der Waals surface area contributed by atoms with Crippen LogP contribution in [-0.2, 0) is 11.3 Å². The molecule has 16 heavy (non-hydrogen) atoms. The minimum absolute atomic E-state index is 0.349. The molecule has 1 aliphatic rings. The van der Waals surface area contributed by atoms with Gasteiger partial charge < -0.3 is 5.11 Å². The molecular formula is C10H16N4O2. The third kappa shape index (κ3) is 2.20. The number of carboxylic acid groups (broad SMARTS) is 1. The zero-order chi connectivity index (χ0) is 11.5. The third-order valence-electron chi connectivity index (χ3n) is 3.23. The van der Waals surface area contributed by atoms with Gasteiger partial charge in [0.2, 0.25) is 0 Å². The molecule has 88 valence electrons. The van der Waals surface area contributed by atoms with Crippen LogP contribution < -0.4 is 0 Å². The van der Waals surface area contributed by atoms with Crippen LogP contribution in [0.2, 0.25) is 0 Å². The SMILES string of the molecule is CC(CCn1nnnc1C1CCC1)C(=O)O. The van der Waals surface area contributed by atoms with Gasteiger partial charge >= 0.3 is 5.97 Å². The molecule has 1 saturated carbocycles. The maximum absolute atomic E-state index is 10.7. The van der Waals surface area contributed by atoms with Crippen LogP contribution in [0.5, 0.6) is 0 Å². The zero-order valence-corrected chi connectivity index (χ0v) is 9.33. The lowest BCUT2D eigenvalue weighted by Gasteiger charge is -2.23. The second-order valence-electron chi connectivity index (χ2n) is 4.42. The molecule has 2 rings (SSSR count). The quantitative estimate of drug-likeness (QED) is 0.808. The number of hydrogen-bond donors (Lipinski definition) is 1. The summed E-state index contributed by atoms with van der Waals surface area (Å²) in [6.45, 7) is 2.29. The molecule has 1 atom stereocenters. The summed E-state index contributed by atoms with van der Waals surface area (Å²) < 4.78 is 1.75. The highest BCUT2D eigenvalue weighted by molar-refractivity contribution is 5.69. The van der Waals surface area contributed by atoms with Gasteiger partial charge in [0.05, 0.1) is 5.92 Å². The third-order valence-corrected chi connectivity index (χ3v) is 3.23. The van der Waals surface area contributed by atoms with Crippen molar-refractivity contribution in [3.63, 3.8) is 0 Å². The van der Waals surface area contributed by atoms with E-state index in [0.717, 1.165) is 18.7 Å². The van der Waals surface area contributed by atoms with Crippen molar-refractivity contribution < 1.29 is 9.90 Å². The van der Waals surface area contributed by atoms with Gasteiger partial charge in [0.15, 0.2) is 5.82 Å². The molecule has 0 bridgehead atoms. The van der Waals surface area contributed by atoms with Crippen molar-refractivity contribution in [2.75, 3.05) is 0 Å². The van der Waals surface area contributed by atoms with E-state index >= 15 is 0 Å². The highest BCUT2D eigenvalue weighted by Gasteiger charge is 2.25. The van der Waals surface area contributed by atoms with Gasteiger partial charge in [-0.25, -0.2) is 4.68 Å². The highest BCUT2D eigenvalue weighted by atomic mass is 16.4. The lowest BCUT2D eigenvalue weighted by Crippen LogP contribution is -2.19. The molecule has 1 aromatic heterocycles. The van der Waals surface area contributed by atoms with Crippen LogP contribution in [-0.4, -0.2) is 31.3 Å². The van der Waals surface area contributed by atoms with Gasteiger partial charge in [-0.1, -0.05) is 13.3 Å². The number of aryl methyl sites for hydroxylation is 1. The first kappa shape index (κ1) is 11.0. The Kier molecular flexibility index (Phi) is 3.17. The van der Waals surface area contributed by atoms with Gasteiger partial charge in [-0.05, 0) is 29.7 Å². The lowest BCUT2D eigenvalue weighted by molar-refractivity contribution is -0.141. The molecule has 0 radical (unpaired) electrons. The average Bonchev–Trinajstić information content (AvgIpc) is 2.59. The predicted octanol–water partition coefficient (Wildman–Crippen LogP) is 1.05. The molecule has 1 N–H and O–H groups in total. The molecule has 0 saturated heterocycles. The van der Waals surface area contributed by atoms with E-state index in [4.69, 9.17) is 5.11 Å². The van der Waals surface area contributed by atoms with Crippen LogP contribution in [0, 0.1) is 5.92 Å². The molecule has 0 aliphatic heterocycles. The summed E-state index contributed by atoms with van der Waals surface area (Å²) in [5, 5.41) is 20.4. The van der Waals surface area contributed by atoms with Gasteiger partial charge in [-0.15, -0.1) is 5.10 Å². The monoisotopic (exact) mass is 224 g/mol. The minimum Gasteiger partial charge on any atom is -0.481 e. The van der Waals surface area contributed by atoms with Crippen molar-refractivity contribution >= 4 is 5.97 Å². The number of aliphatic carboxylic acids is 1. The van der Waals surface area contributed by atoms with E-state index in [1.54, 1.807) is 11.6 Å². The summed E-state index contributed by atoms with van der Waals surface area (Å²) in [7, 11) is 0. The van der Waals surface area contributed by atoms with Crippen molar-refractivity contribution in [1.29, 1.82) is 0 Å². The molecule has 0 spiro atoms. The molecular weight excluding hydrogens is 208 g/mol. The van der Waals surface area contributed by atoms with Crippen molar-refractivity contribution in [2.45, 2.75) is 45.1 Å². The Hall–Kier alpha value is -1.46. The maximum atomic E-state index is 10.7. The summed E-state index contributed by atoms with van der Waals surface area (Å²) in [6.07, 6.45) is 4.10. The molecule has 6 heteroatoms. The van der Waals surface area contributed by atoms with Gasteiger partial charge in [-0.2, -0.15) is 0 Å². The molecule has 1 fully saturated rings. The number of nitrogens with zero attached hydrogens (tertiary/aromatic N) is 4. The van der Waals surface area contributed by atoms with E-state index in [-0.39, 0.29) is 5.92 Å². The van der Waals surface area contributed by atoms with Crippen LogP contribution in [0.4, 0.5) is 0 Å². The average molecular weight is 224 g/mol. The number of tetrazole rings is 1. The molecule has 0 aromatic carbocycles. The van der Waals surface area contributed by atoms with E-state index in [2.05, 4.69) is 15.5 Å². The Morgan fingerprint density at radius 3 is 2.94 bits per heavy atom. The molecule has 1 aliphatic carbocycles. The second kappa shape index (κ2) is 4.59. The Bertz CT molecular complexity index is 373. The van der Waals surface area contributed by atoms with E-state index in [1.165, 1.54) is 6.42 Å². The minimum atomic E-state index is -0.765. The smallest absolute Gasteiger partial charge is 0.306 e. The molecule has 6 nitrogen and oxygen atoms in total. The second-order valence-corrected chi connectivity index (χ2v) is 4.42. The van der Waals surface area contributed by atoms with Crippen LogP contribution in [0.1, 0.15) is 44.3 Å². The Balaban J connectivity index is 1.93. The fraction of sp³-hybridized carbons (Fsp3) is 0.800. The number of rotatable bonds is 5. The Morgan fingerprint density at radius 2 is 2.38 bits per heavy atom. The first-order valence-electron chi connectivity index (χ1n) is 5.67. The number of hydrogen-bond acceptors (Lipinski definition) is 4. The fourth-order valence-corrected chi connectivity index (χ4v) is 1.77. The zero-order valence-electron chi connectivity index (χ0n) is 9.33. The number of aromatic nitrogens is 4. The summed E-state index contributed by atoms with van der Waals surface area (Å²) >= 11 is 0. The van der Waals surface area contributed by atoms with E-state index in [9.17, 15) is 4.79 Å². The largest absolute Gasteiger partial charge is 0.481 e. The van der Waals surface area contributed by atoms with E-state index in [0.29, 0.717) is 18.9 Å². The van der Waals surface area contributed by atoms with Gasteiger partial charge in [-0.3, -0.25) is 4.79 Å². The molecule has 1 aromatic rings. The summed E-state index contributed by atoms with van der Waals surface area (Å²) in [4.78, 5) is 10.7. The summed E-state index contributed by atoms with van der Waals surface area (Å²) in [5.41, 5.74) is 0. The topological polar surface area (TPSA) is 80.9 Å². The number of carboxylic acids is 1. The first-order valence-corrected chi connectivity index (χ1v) is 5.67. The summed E-state index contributed by atoms with van der Waals surface area (Å²) in [6, 6.07) is 0. The van der Waals surface area contributed by atoms with E-state index in [1.807, 2.05) is 0 Å². The standard InChI is InChI=1S/C10H16N4O2/c1-7(10(15)16)5-6-14-9(11-12-13-14)8-3-2-4-8/h7-8H,2-6H2,1H3,(H,15,16). The normalized spacial score (nSPS) is 18.1. The Morgan fingerprint density at radius 1 is 1.62 bits per heavy atom. The molecule has 1 heterocycles. The highest BCUT2D eigenvalue weighted by Crippen LogP contribution is 2.34. The van der Waals surface area contributed by atoms with Gasteiger partial charge in [0, 0.05) is 12.5 Å². The molecule has 0 amide bonds. The van der Waals surface area contributed by atoms with Crippen LogP contribution in [0.25, 0.3) is 0 Å². The van der Waals surface area contributed by atoms with Crippen LogP contribution in [0.3, 0.4) is 0 Å². The first-order chi connectivity index (χ1) is 7.68. The van der Waals surface area contributed by atoms with Gasteiger partial charge in [0.1, 0.15) is 0 Å². The van der Waals surface area contributed by atoms with Gasteiger partial charge in [0.25, 0.3) is 0 Å². The predicted molar refractivity (Wildman–Crippen MR) is 55.8 cm³/mol. The lowest BCUT2D eigenvalue weighted by atomic mass is 9.85. The van der Waals surface area contributed by atoms with Crippen molar-refractivity contribution in [3.8, 4) is 0 Å². The van der Waals surface area contributed by atoms with Crippen LogP contribution >= 0.6 is 0 Å². The summed E-state index contributed by atoms with van der Waals surface area (Å²) in [5.74, 6) is 0.288. The van der Waals surface area contributed by atoms with E-state index < -0.39 is 5.97 Å².